The molecule has 1 amide bonds. The van der Waals surface area contributed by atoms with Crippen LogP contribution >= 0.6 is 0 Å². The molecule has 0 aliphatic carbocycles. The molecule has 4 heteroatoms. The number of amides is 1. The van der Waals surface area contributed by atoms with E-state index in [9.17, 15) is 4.79 Å². The van der Waals surface area contributed by atoms with Crippen LogP contribution in [0, 0.1) is 6.92 Å². The highest BCUT2D eigenvalue weighted by Crippen LogP contribution is 2.31. The van der Waals surface area contributed by atoms with E-state index in [0.717, 1.165) is 19.3 Å². The summed E-state index contributed by atoms with van der Waals surface area (Å²) in [6, 6.07) is 24.3. The maximum Gasteiger partial charge on any atom is 0.254 e. The zero-order valence-electron chi connectivity index (χ0n) is 18.9. The van der Waals surface area contributed by atoms with Crippen molar-refractivity contribution in [2.45, 2.75) is 45.7 Å². The quantitative estimate of drug-likeness (QED) is 0.475. The first-order valence-electron chi connectivity index (χ1n) is 11.4. The summed E-state index contributed by atoms with van der Waals surface area (Å²) in [7, 11) is 0. The largest absolute Gasteiger partial charge is 0.490 e. The molecule has 1 aliphatic heterocycles. The minimum absolute atomic E-state index is 0.0180. The zero-order valence-corrected chi connectivity index (χ0v) is 18.9. The van der Waals surface area contributed by atoms with Gasteiger partial charge in [0.1, 0.15) is 0 Å². The molecule has 4 rings (SSSR count). The van der Waals surface area contributed by atoms with Crippen LogP contribution in [0.5, 0.6) is 11.5 Å². The van der Waals surface area contributed by atoms with E-state index >= 15 is 0 Å². The lowest BCUT2D eigenvalue weighted by Crippen LogP contribution is -2.38. The van der Waals surface area contributed by atoms with E-state index in [1.807, 2.05) is 41.3 Å². The average Bonchev–Trinajstić information content (AvgIpc) is 3.07. The highest BCUT2D eigenvalue weighted by Gasteiger charge is 2.24. The lowest BCUT2D eigenvalue weighted by molar-refractivity contribution is 0.0666. The van der Waals surface area contributed by atoms with Crippen molar-refractivity contribution in [3.8, 4) is 11.5 Å². The fraction of sp³-hybridized carbons (Fsp3) is 0.321. The third-order valence-electron chi connectivity index (χ3n) is 6.08. The van der Waals surface area contributed by atoms with Gasteiger partial charge in [-0.25, -0.2) is 0 Å². The number of hydrogen-bond donors (Lipinski definition) is 0. The van der Waals surface area contributed by atoms with Gasteiger partial charge in [0.25, 0.3) is 5.91 Å². The summed E-state index contributed by atoms with van der Waals surface area (Å²) in [6.45, 7) is 6.06. The van der Waals surface area contributed by atoms with Gasteiger partial charge in [0.05, 0.1) is 13.2 Å². The van der Waals surface area contributed by atoms with Gasteiger partial charge in [0, 0.05) is 24.6 Å². The van der Waals surface area contributed by atoms with Gasteiger partial charge in [-0.3, -0.25) is 4.79 Å². The Kier molecular flexibility index (Phi) is 7.10. The van der Waals surface area contributed by atoms with Crippen LogP contribution in [0.3, 0.4) is 0 Å². The number of nitrogens with zero attached hydrogens (tertiary/aromatic N) is 1. The molecular formula is C28H31NO3. The predicted molar refractivity (Wildman–Crippen MR) is 127 cm³/mol. The van der Waals surface area contributed by atoms with E-state index in [-0.39, 0.29) is 11.9 Å². The molecule has 3 aromatic carbocycles. The molecule has 1 aliphatic rings. The van der Waals surface area contributed by atoms with Gasteiger partial charge in [0.2, 0.25) is 0 Å². The molecular weight excluding hydrogens is 398 g/mol. The number of hydrogen-bond acceptors (Lipinski definition) is 3. The van der Waals surface area contributed by atoms with Crippen molar-refractivity contribution in [3.05, 3.63) is 95.1 Å². The molecule has 0 bridgehead atoms. The van der Waals surface area contributed by atoms with Crippen molar-refractivity contribution in [2.75, 3.05) is 13.2 Å². The summed E-state index contributed by atoms with van der Waals surface area (Å²) < 4.78 is 11.6. The molecule has 0 radical (unpaired) electrons. The van der Waals surface area contributed by atoms with Crippen LogP contribution in [-0.2, 0) is 13.0 Å². The third kappa shape index (κ3) is 5.31. The van der Waals surface area contributed by atoms with Gasteiger partial charge >= 0.3 is 0 Å². The topological polar surface area (TPSA) is 38.8 Å². The van der Waals surface area contributed by atoms with Crippen LogP contribution in [0.15, 0.2) is 72.8 Å². The zero-order chi connectivity index (χ0) is 22.3. The summed E-state index contributed by atoms with van der Waals surface area (Å²) in [6.07, 6.45) is 2.67. The Morgan fingerprint density at radius 3 is 2.44 bits per heavy atom. The van der Waals surface area contributed by atoms with E-state index in [0.29, 0.717) is 36.8 Å². The smallest absolute Gasteiger partial charge is 0.254 e. The van der Waals surface area contributed by atoms with Crippen LogP contribution in [0.1, 0.15) is 46.8 Å². The Hall–Kier alpha value is -3.27. The molecule has 0 aromatic heterocycles. The van der Waals surface area contributed by atoms with Gasteiger partial charge < -0.3 is 14.4 Å². The van der Waals surface area contributed by atoms with Crippen molar-refractivity contribution in [3.63, 3.8) is 0 Å². The number of aryl methyl sites for hydroxylation is 2. The maximum absolute atomic E-state index is 13.7. The number of carbonyl (C=O) groups excluding carboxylic acids is 1. The fourth-order valence-electron chi connectivity index (χ4n) is 4.04. The molecule has 1 atom stereocenters. The van der Waals surface area contributed by atoms with Crippen molar-refractivity contribution >= 4 is 5.91 Å². The Bertz CT molecular complexity index is 1050. The minimum atomic E-state index is 0.0180. The lowest BCUT2D eigenvalue weighted by atomic mass is 10.0. The summed E-state index contributed by atoms with van der Waals surface area (Å²) in [5.74, 6) is 1.38. The molecule has 0 saturated heterocycles. The molecule has 0 N–H and O–H groups in total. The second-order valence-corrected chi connectivity index (χ2v) is 8.44. The molecule has 1 heterocycles. The summed E-state index contributed by atoms with van der Waals surface area (Å²) in [5, 5.41) is 0. The Labute approximate surface area is 190 Å². The Morgan fingerprint density at radius 2 is 1.66 bits per heavy atom. The minimum Gasteiger partial charge on any atom is -0.490 e. The standard InChI is InChI=1S/C28H31NO3/c1-21-9-6-7-12-25(21)20-29(22(2)13-14-23-10-4-3-5-11-23)28(30)24-15-16-26-27(19-24)32-18-8-17-31-26/h3-7,9-12,15-16,19,22H,8,13-14,17-18,20H2,1-2H3/t22-/m1/s1. The second-order valence-electron chi connectivity index (χ2n) is 8.44. The number of ether oxygens (including phenoxy) is 2. The highest BCUT2D eigenvalue weighted by atomic mass is 16.5. The first-order valence-corrected chi connectivity index (χ1v) is 11.4. The molecule has 166 valence electrons. The van der Waals surface area contributed by atoms with Crippen molar-refractivity contribution < 1.29 is 14.3 Å². The lowest BCUT2D eigenvalue weighted by Gasteiger charge is -2.30. The van der Waals surface area contributed by atoms with E-state index in [1.54, 1.807) is 0 Å². The molecule has 0 unspecified atom stereocenters. The van der Waals surface area contributed by atoms with E-state index < -0.39 is 0 Å². The number of rotatable bonds is 7. The third-order valence-corrected chi connectivity index (χ3v) is 6.08. The first-order chi connectivity index (χ1) is 15.6. The van der Waals surface area contributed by atoms with Gasteiger partial charge in [-0.1, -0.05) is 54.6 Å². The molecule has 3 aromatic rings. The molecule has 0 spiro atoms. The first kappa shape index (κ1) is 21.9. The summed E-state index contributed by atoms with van der Waals surface area (Å²) in [4.78, 5) is 15.7. The Morgan fingerprint density at radius 1 is 0.938 bits per heavy atom. The van der Waals surface area contributed by atoms with Gasteiger partial charge in [-0.15, -0.1) is 0 Å². The van der Waals surface area contributed by atoms with Crippen LogP contribution in [0.4, 0.5) is 0 Å². The molecule has 4 nitrogen and oxygen atoms in total. The van der Waals surface area contributed by atoms with Crippen molar-refractivity contribution in [2.24, 2.45) is 0 Å². The average molecular weight is 430 g/mol. The Balaban J connectivity index is 1.58. The highest BCUT2D eigenvalue weighted by molar-refractivity contribution is 5.95. The van der Waals surface area contributed by atoms with E-state index in [4.69, 9.17) is 9.47 Å². The number of carbonyl (C=O) groups is 1. The predicted octanol–water partition coefficient (Wildman–Crippen LogP) is 5.82. The van der Waals surface area contributed by atoms with E-state index in [1.165, 1.54) is 16.7 Å². The van der Waals surface area contributed by atoms with Crippen LogP contribution in [0.2, 0.25) is 0 Å². The van der Waals surface area contributed by atoms with Gasteiger partial charge in [-0.05, 0) is 61.6 Å². The monoisotopic (exact) mass is 429 g/mol. The molecule has 32 heavy (non-hydrogen) atoms. The fourth-order valence-corrected chi connectivity index (χ4v) is 4.04. The van der Waals surface area contributed by atoms with Crippen molar-refractivity contribution in [1.29, 1.82) is 0 Å². The van der Waals surface area contributed by atoms with Crippen LogP contribution in [-0.4, -0.2) is 30.1 Å². The van der Waals surface area contributed by atoms with E-state index in [2.05, 4.69) is 50.2 Å². The molecule has 0 saturated carbocycles. The number of fused-ring (bicyclic) bond motifs is 1. The summed E-state index contributed by atoms with van der Waals surface area (Å²) in [5.41, 5.74) is 4.29. The molecule has 0 fully saturated rings. The normalized spacial score (nSPS) is 13.8. The number of benzene rings is 3. The van der Waals surface area contributed by atoms with Crippen LogP contribution < -0.4 is 9.47 Å². The summed E-state index contributed by atoms with van der Waals surface area (Å²) >= 11 is 0. The maximum atomic E-state index is 13.7. The van der Waals surface area contributed by atoms with Gasteiger partial charge in [-0.2, -0.15) is 0 Å². The SMILES string of the molecule is Cc1ccccc1CN(C(=O)c1ccc2c(c1)OCCCO2)[C@H](C)CCc1ccccc1. The van der Waals surface area contributed by atoms with Crippen LogP contribution in [0.25, 0.3) is 0 Å². The van der Waals surface area contributed by atoms with Gasteiger partial charge in [0.15, 0.2) is 11.5 Å². The van der Waals surface area contributed by atoms with Crippen molar-refractivity contribution in [1.82, 2.24) is 4.90 Å². The second kappa shape index (κ2) is 10.4.